The van der Waals surface area contributed by atoms with Gasteiger partial charge in [-0.15, -0.1) is 0 Å². The number of ether oxygens (including phenoxy) is 1. The number of hydrogen-bond donors (Lipinski definition) is 1. The molecule has 0 aliphatic carbocycles. The third-order valence-corrected chi connectivity index (χ3v) is 6.23. The van der Waals surface area contributed by atoms with Gasteiger partial charge in [0.15, 0.2) is 5.11 Å². The summed E-state index contributed by atoms with van der Waals surface area (Å²) >= 11 is 12.9. The maximum atomic E-state index is 13.1. The van der Waals surface area contributed by atoms with Crippen molar-refractivity contribution in [3.8, 4) is 5.75 Å². The second-order valence-corrected chi connectivity index (χ2v) is 9.48. The minimum Gasteiger partial charge on any atom is -0.487 e. The Kier molecular flexibility index (Phi) is 7.46. The van der Waals surface area contributed by atoms with Crippen LogP contribution in [0.1, 0.15) is 5.56 Å². The van der Waals surface area contributed by atoms with Gasteiger partial charge in [-0.2, -0.15) is 0 Å². The second kappa shape index (κ2) is 9.67. The van der Waals surface area contributed by atoms with Crippen LogP contribution in [-0.4, -0.2) is 23.5 Å². The Balaban J connectivity index is 1.99. The fourth-order valence-electron chi connectivity index (χ4n) is 2.62. The molecular weight excluding hydrogens is 682 g/mol. The minimum atomic E-state index is -0.525. The van der Waals surface area contributed by atoms with E-state index in [1.165, 1.54) is 4.90 Å². The van der Waals surface area contributed by atoms with Crippen LogP contribution in [0.15, 0.2) is 59.1 Å². The number of anilines is 1. The Morgan fingerprint density at radius 2 is 1.90 bits per heavy atom. The van der Waals surface area contributed by atoms with E-state index in [4.69, 9.17) is 17.0 Å². The summed E-state index contributed by atoms with van der Waals surface area (Å²) in [5.41, 5.74) is 1.29. The highest BCUT2D eigenvalue weighted by atomic mass is 127. The SMILES string of the molecule is C=CCOc1c(I)cc(/C=C2\C(=O)NC(=S)N(c3cccc(Br)c3)C2=O)cc1I. The van der Waals surface area contributed by atoms with Gasteiger partial charge in [-0.25, -0.2) is 0 Å². The van der Waals surface area contributed by atoms with Gasteiger partial charge < -0.3 is 4.74 Å². The lowest BCUT2D eigenvalue weighted by molar-refractivity contribution is -0.122. The zero-order chi connectivity index (χ0) is 21.1. The molecule has 0 bridgehead atoms. The first-order valence-corrected chi connectivity index (χ1v) is 11.6. The summed E-state index contributed by atoms with van der Waals surface area (Å²) in [6, 6.07) is 10.9. The van der Waals surface area contributed by atoms with E-state index in [0.717, 1.165) is 17.4 Å². The third-order valence-electron chi connectivity index (χ3n) is 3.85. The highest BCUT2D eigenvalue weighted by molar-refractivity contribution is 14.1. The average molecular weight is 695 g/mol. The van der Waals surface area contributed by atoms with Crippen LogP contribution >= 0.6 is 73.3 Å². The third kappa shape index (κ3) is 5.06. The van der Waals surface area contributed by atoms with E-state index in [-0.39, 0.29) is 10.7 Å². The van der Waals surface area contributed by atoms with E-state index >= 15 is 0 Å². The molecule has 9 heteroatoms. The molecule has 5 nitrogen and oxygen atoms in total. The quantitative estimate of drug-likeness (QED) is 0.157. The maximum absolute atomic E-state index is 13.1. The largest absolute Gasteiger partial charge is 0.487 e. The fourth-order valence-corrected chi connectivity index (χ4v) is 5.41. The number of hydrogen-bond acceptors (Lipinski definition) is 4. The van der Waals surface area contributed by atoms with E-state index in [9.17, 15) is 9.59 Å². The van der Waals surface area contributed by atoms with Crippen molar-refractivity contribution in [3.05, 3.63) is 71.8 Å². The topological polar surface area (TPSA) is 58.6 Å². The first kappa shape index (κ1) is 22.4. The first-order valence-electron chi connectivity index (χ1n) is 8.21. The van der Waals surface area contributed by atoms with Crippen molar-refractivity contribution < 1.29 is 14.3 Å². The summed E-state index contributed by atoms with van der Waals surface area (Å²) < 4.78 is 8.21. The van der Waals surface area contributed by atoms with Crippen molar-refractivity contribution in [3.63, 3.8) is 0 Å². The predicted molar refractivity (Wildman–Crippen MR) is 138 cm³/mol. The second-order valence-electron chi connectivity index (χ2n) is 5.85. The zero-order valence-electron chi connectivity index (χ0n) is 14.7. The molecule has 2 aromatic rings. The van der Waals surface area contributed by atoms with Crippen molar-refractivity contribution in [2.24, 2.45) is 0 Å². The molecule has 0 unspecified atom stereocenters. The van der Waals surface area contributed by atoms with Crippen molar-refractivity contribution >= 4 is 102 Å². The molecule has 1 aliphatic rings. The minimum absolute atomic E-state index is 0.00457. The van der Waals surface area contributed by atoms with Crippen molar-refractivity contribution in [1.82, 2.24) is 5.32 Å². The molecule has 0 aromatic heterocycles. The highest BCUT2D eigenvalue weighted by Crippen LogP contribution is 2.31. The Bertz CT molecular complexity index is 1050. The molecule has 2 amide bonds. The van der Waals surface area contributed by atoms with Crippen LogP contribution in [0, 0.1) is 7.14 Å². The van der Waals surface area contributed by atoms with E-state index in [1.54, 1.807) is 30.4 Å². The van der Waals surface area contributed by atoms with Gasteiger partial charge in [0.05, 0.1) is 12.8 Å². The highest BCUT2D eigenvalue weighted by Gasteiger charge is 2.34. The number of nitrogens with one attached hydrogen (secondary N) is 1. The Morgan fingerprint density at radius 3 is 2.52 bits per heavy atom. The van der Waals surface area contributed by atoms with Crippen molar-refractivity contribution in [1.29, 1.82) is 0 Å². The van der Waals surface area contributed by atoms with Gasteiger partial charge in [-0.05, 0) is 99.4 Å². The molecular formula is C20H13BrI2N2O3S. The van der Waals surface area contributed by atoms with Gasteiger partial charge in [0.1, 0.15) is 17.9 Å². The van der Waals surface area contributed by atoms with Gasteiger partial charge in [0, 0.05) is 4.47 Å². The maximum Gasteiger partial charge on any atom is 0.270 e. The molecule has 0 spiro atoms. The molecule has 3 rings (SSSR count). The summed E-state index contributed by atoms with van der Waals surface area (Å²) in [4.78, 5) is 26.9. The number of benzene rings is 2. The molecule has 2 aromatic carbocycles. The van der Waals surface area contributed by atoms with Crippen LogP contribution < -0.4 is 15.0 Å². The van der Waals surface area contributed by atoms with Crippen molar-refractivity contribution in [2.75, 3.05) is 11.5 Å². The number of amides is 2. The Hall–Kier alpha value is -1.31. The zero-order valence-corrected chi connectivity index (χ0v) is 21.5. The lowest BCUT2D eigenvalue weighted by atomic mass is 10.1. The lowest BCUT2D eigenvalue weighted by Gasteiger charge is -2.29. The van der Waals surface area contributed by atoms with Crippen molar-refractivity contribution in [2.45, 2.75) is 0 Å². The fraction of sp³-hybridized carbons (Fsp3) is 0.0500. The molecule has 0 atom stereocenters. The first-order chi connectivity index (χ1) is 13.8. The molecule has 0 radical (unpaired) electrons. The van der Waals surface area contributed by atoms with Crippen LogP contribution in [0.5, 0.6) is 5.75 Å². The number of thiocarbonyl (C=S) groups is 1. The number of halogens is 3. The molecule has 1 saturated heterocycles. The normalized spacial score (nSPS) is 15.5. The van der Waals surface area contributed by atoms with E-state index in [1.807, 2.05) is 18.2 Å². The smallest absolute Gasteiger partial charge is 0.270 e. The Morgan fingerprint density at radius 1 is 1.21 bits per heavy atom. The summed E-state index contributed by atoms with van der Waals surface area (Å²) in [5.74, 6) is -0.262. The van der Waals surface area contributed by atoms with Gasteiger partial charge >= 0.3 is 0 Å². The van der Waals surface area contributed by atoms with Gasteiger partial charge in [0.2, 0.25) is 0 Å². The number of carbonyl (C=O) groups excluding carboxylic acids is 2. The van der Waals surface area contributed by atoms with Crippen LogP contribution in [0.3, 0.4) is 0 Å². The number of nitrogens with zero attached hydrogens (tertiary/aromatic N) is 1. The molecule has 1 aliphatic heterocycles. The number of carbonyl (C=O) groups is 2. The van der Waals surface area contributed by atoms with E-state index < -0.39 is 11.8 Å². The van der Waals surface area contributed by atoms with Crippen LogP contribution in [0.2, 0.25) is 0 Å². The summed E-state index contributed by atoms with van der Waals surface area (Å²) in [5, 5.41) is 2.64. The molecule has 29 heavy (non-hydrogen) atoms. The van der Waals surface area contributed by atoms with Crippen LogP contribution in [0.4, 0.5) is 5.69 Å². The van der Waals surface area contributed by atoms with E-state index in [2.05, 4.69) is 73.0 Å². The molecule has 1 fully saturated rings. The lowest BCUT2D eigenvalue weighted by Crippen LogP contribution is -2.54. The molecule has 148 valence electrons. The standard InChI is InChI=1S/C20H13BrI2N2O3S/c1-2-6-28-17-15(22)8-11(9-16(17)23)7-14-18(26)24-20(29)25(19(14)27)13-5-3-4-12(21)10-13/h2-5,7-10H,1,6H2,(H,24,26,29)/b14-7+. The summed E-state index contributed by atoms with van der Waals surface area (Å²) in [6.45, 7) is 4.05. The van der Waals surface area contributed by atoms with Gasteiger partial charge in [-0.3, -0.25) is 19.8 Å². The number of rotatable bonds is 5. The average Bonchev–Trinajstić information content (AvgIpc) is 2.64. The van der Waals surface area contributed by atoms with Gasteiger partial charge in [-0.1, -0.05) is 34.7 Å². The van der Waals surface area contributed by atoms with Crippen LogP contribution in [0.25, 0.3) is 6.08 Å². The summed E-state index contributed by atoms with van der Waals surface area (Å²) in [7, 11) is 0. The van der Waals surface area contributed by atoms with E-state index in [0.29, 0.717) is 17.9 Å². The monoisotopic (exact) mass is 694 g/mol. The van der Waals surface area contributed by atoms with Crippen LogP contribution in [-0.2, 0) is 9.59 Å². The molecule has 1 heterocycles. The van der Waals surface area contributed by atoms with Gasteiger partial charge in [0.25, 0.3) is 11.8 Å². The Labute approximate surface area is 209 Å². The molecule has 0 saturated carbocycles. The predicted octanol–water partition coefficient (Wildman–Crippen LogP) is 5.05. The molecule has 1 N–H and O–H groups in total. The summed E-state index contributed by atoms with van der Waals surface area (Å²) in [6.07, 6.45) is 3.23.